The molecule has 1 aliphatic rings. The molecule has 0 unspecified atom stereocenters. The molecule has 0 aliphatic carbocycles. The number of rotatable bonds is 14. The molecule has 24 heavy (non-hydrogen) atoms. The molecule has 4 atom stereocenters. The van der Waals surface area contributed by atoms with Crippen LogP contribution in [0.2, 0.25) is 0 Å². The topological polar surface area (TPSA) is 79.2 Å². The van der Waals surface area contributed by atoms with Crippen LogP contribution in [0.5, 0.6) is 0 Å². The van der Waals surface area contributed by atoms with Gasteiger partial charge in [-0.3, -0.25) is 0 Å². The number of allylic oxidation sites excluding steroid dienone is 1. The molecular formula is C19H36O5. The Labute approximate surface area is 146 Å². The number of aliphatic hydroxyl groups excluding tert-OH is 3. The van der Waals surface area contributed by atoms with Crippen molar-refractivity contribution < 1.29 is 24.8 Å². The lowest BCUT2D eigenvalue weighted by atomic mass is 10.1. The summed E-state index contributed by atoms with van der Waals surface area (Å²) in [5.41, 5.74) is 0. The van der Waals surface area contributed by atoms with Gasteiger partial charge in [0.1, 0.15) is 24.4 Å². The molecular weight excluding hydrogens is 308 g/mol. The summed E-state index contributed by atoms with van der Waals surface area (Å²) in [4.78, 5) is 0. The van der Waals surface area contributed by atoms with Gasteiger partial charge in [0.25, 0.3) is 0 Å². The van der Waals surface area contributed by atoms with E-state index in [1.54, 1.807) is 6.26 Å². The first-order valence-corrected chi connectivity index (χ1v) is 9.59. The lowest BCUT2D eigenvalue weighted by Crippen LogP contribution is -2.40. The lowest BCUT2D eigenvalue weighted by Gasteiger charge is -2.20. The average molecular weight is 344 g/mol. The summed E-state index contributed by atoms with van der Waals surface area (Å²) in [7, 11) is 0. The molecule has 0 aromatic heterocycles. The summed E-state index contributed by atoms with van der Waals surface area (Å²) in [6.07, 6.45) is 13.2. The van der Waals surface area contributed by atoms with E-state index < -0.39 is 31.0 Å². The van der Waals surface area contributed by atoms with Gasteiger partial charge in [-0.1, -0.05) is 58.3 Å². The Kier molecular flexibility index (Phi) is 12.2. The fourth-order valence-corrected chi connectivity index (χ4v) is 2.97. The van der Waals surface area contributed by atoms with Gasteiger partial charge in [0.05, 0.1) is 19.5 Å². The van der Waals surface area contributed by atoms with Crippen molar-refractivity contribution in [2.45, 2.75) is 95.5 Å². The number of aliphatic hydroxyl groups is 3. The predicted molar refractivity (Wildman–Crippen MR) is 94.7 cm³/mol. The lowest BCUT2D eigenvalue weighted by molar-refractivity contribution is -0.0689. The Morgan fingerprint density at radius 1 is 1.08 bits per heavy atom. The summed E-state index contributed by atoms with van der Waals surface area (Å²) in [5.74, 6) is 0. The van der Waals surface area contributed by atoms with E-state index in [1.807, 2.05) is 6.08 Å². The van der Waals surface area contributed by atoms with Crippen LogP contribution < -0.4 is 0 Å². The number of hydrogen-bond acceptors (Lipinski definition) is 5. The van der Waals surface area contributed by atoms with Gasteiger partial charge in [-0.15, -0.1) is 0 Å². The largest absolute Gasteiger partial charge is 0.493 e. The highest BCUT2D eigenvalue weighted by Gasteiger charge is 2.40. The Morgan fingerprint density at radius 2 is 1.71 bits per heavy atom. The Hall–Kier alpha value is -0.620. The molecule has 5 heteroatoms. The Morgan fingerprint density at radius 3 is 2.33 bits per heavy atom. The molecule has 3 N–H and O–H groups in total. The molecule has 0 aromatic rings. The summed E-state index contributed by atoms with van der Waals surface area (Å²) >= 11 is 0. The van der Waals surface area contributed by atoms with Crippen LogP contribution in [0.1, 0.15) is 71.1 Å². The number of hydrogen-bond donors (Lipinski definition) is 3. The zero-order chi connectivity index (χ0) is 17.6. The smallest absolute Gasteiger partial charge is 0.149 e. The molecule has 0 bridgehead atoms. The van der Waals surface area contributed by atoms with Crippen LogP contribution in [0.4, 0.5) is 0 Å². The molecule has 142 valence electrons. The van der Waals surface area contributed by atoms with Crippen molar-refractivity contribution in [3.05, 3.63) is 12.3 Å². The first-order chi connectivity index (χ1) is 11.7. The second-order valence-electron chi connectivity index (χ2n) is 6.70. The summed E-state index contributed by atoms with van der Waals surface area (Å²) in [6.45, 7) is 2.04. The van der Waals surface area contributed by atoms with Gasteiger partial charge in [0.15, 0.2) is 0 Å². The van der Waals surface area contributed by atoms with Crippen LogP contribution in [0.25, 0.3) is 0 Å². The molecule has 0 aromatic carbocycles. The van der Waals surface area contributed by atoms with Crippen molar-refractivity contribution in [1.82, 2.24) is 0 Å². The highest BCUT2D eigenvalue weighted by molar-refractivity contribution is 4.90. The number of unbranched alkanes of at least 4 members (excludes halogenated alkanes) is 9. The van der Waals surface area contributed by atoms with Crippen LogP contribution in [-0.4, -0.2) is 52.9 Å². The maximum absolute atomic E-state index is 9.97. The van der Waals surface area contributed by atoms with Crippen molar-refractivity contribution in [1.29, 1.82) is 0 Å². The summed E-state index contributed by atoms with van der Waals surface area (Å²) < 4.78 is 10.7. The molecule has 1 fully saturated rings. The second kappa shape index (κ2) is 13.6. The highest BCUT2D eigenvalue weighted by atomic mass is 16.6. The van der Waals surface area contributed by atoms with E-state index in [4.69, 9.17) is 14.6 Å². The zero-order valence-electron chi connectivity index (χ0n) is 15.1. The van der Waals surface area contributed by atoms with Gasteiger partial charge in [0, 0.05) is 0 Å². The van der Waals surface area contributed by atoms with Gasteiger partial charge < -0.3 is 24.8 Å². The van der Waals surface area contributed by atoms with Crippen LogP contribution >= 0.6 is 0 Å². The van der Waals surface area contributed by atoms with Crippen molar-refractivity contribution in [3.8, 4) is 0 Å². The monoisotopic (exact) mass is 344 g/mol. The third-order valence-electron chi connectivity index (χ3n) is 4.56. The van der Waals surface area contributed by atoms with E-state index in [-0.39, 0.29) is 6.61 Å². The highest BCUT2D eigenvalue weighted by Crippen LogP contribution is 2.20. The normalized spacial score (nSPS) is 25.4. The predicted octanol–water partition coefficient (Wildman–Crippen LogP) is 2.92. The fraction of sp³-hybridized carbons (Fsp3) is 0.895. The molecule has 0 saturated carbocycles. The van der Waals surface area contributed by atoms with E-state index >= 15 is 0 Å². The molecule has 0 radical (unpaired) electrons. The van der Waals surface area contributed by atoms with Gasteiger partial charge in [0.2, 0.25) is 0 Å². The van der Waals surface area contributed by atoms with E-state index in [0.717, 1.165) is 12.8 Å². The molecule has 1 aliphatic heterocycles. The third kappa shape index (κ3) is 8.47. The van der Waals surface area contributed by atoms with Crippen molar-refractivity contribution in [2.75, 3.05) is 13.2 Å². The fourth-order valence-electron chi connectivity index (χ4n) is 2.97. The van der Waals surface area contributed by atoms with Crippen molar-refractivity contribution >= 4 is 0 Å². The van der Waals surface area contributed by atoms with Crippen LogP contribution in [0.15, 0.2) is 12.3 Å². The molecule has 0 amide bonds. The van der Waals surface area contributed by atoms with E-state index in [1.165, 1.54) is 51.4 Å². The first kappa shape index (κ1) is 21.4. The van der Waals surface area contributed by atoms with Crippen LogP contribution in [0, 0.1) is 0 Å². The van der Waals surface area contributed by atoms with E-state index in [2.05, 4.69) is 6.92 Å². The minimum absolute atomic E-state index is 0.227. The third-order valence-corrected chi connectivity index (χ3v) is 4.56. The summed E-state index contributed by atoms with van der Waals surface area (Å²) in [6, 6.07) is 0. The van der Waals surface area contributed by atoms with Crippen LogP contribution in [0.3, 0.4) is 0 Å². The first-order valence-electron chi connectivity index (χ1n) is 9.59. The molecule has 0 spiro atoms. The van der Waals surface area contributed by atoms with Crippen molar-refractivity contribution in [3.63, 3.8) is 0 Å². The van der Waals surface area contributed by atoms with E-state index in [0.29, 0.717) is 0 Å². The second-order valence-corrected chi connectivity index (χ2v) is 6.70. The van der Waals surface area contributed by atoms with E-state index in [9.17, 15) is 10.2 Å². The molecule has 1 rings (SSSR count). The molecule has 5 nitrogen and oxygen atoms in total. The SMILES string of the molecule is CCCCCCCCCCC/C=C/O[C@@H]1CO[C@H]([C@@H](O)CO)[C@@H]1O. The van der Waals surface area contributed by atoms with Gasteiger partial charge in [-0.05, 0) is 18.9 Å². The molecule has 1 heterocycles. The van der Waals surface area contributed by atoms with Gasteiger partial charge in [-0.25, -0.2) is 0 Å². The zero-order valence-corrected chi connectivity index (χ0v) is 15.1. The maximum Gasteiger partial charge on any atom is 0.149 e. The summed E-state index contributed by atoms with van der Waals surface area (Å²) in [5, 5.41) is 28.4. The average Bonchev–Trinajstić information content (AvgIpc) is 2.96. The van der Waals surface area contributed by atoms with Gasteiger partial charge >= 0.3 is 0 Å². The van der Waals surface area contributed by atoms with Gasteiger partial charge in [-0.2, -0.15) is 0 Å². The quantitative estimate of drug-likeness (QED) is 0.333. The maximum atomic E-state index is 9.97. The van der Waals surface area contributed by atoms with Crippen LogP contribution in [-0.2, 0) is 9.47 Å². The minimum atomic E-state index is -1.07. The van der Waals surface area contributed by atoms with Crippen molar-refractivity contribution in [2.24, 2.45) is 0 Å². The minimum Gasteiger partial charge on any atom is -0.493 e. The Bertz CT molecular complexity index is 321. The molecule has 1 saturated heterocycles. The Balaban J connectivity index is 1.97. The number of ether oxygens (including phenoxy) is 2. The standard InChI is InChI=1S/C19H36O5/c1-2-3-4-5-6-7-8-9-10-11-12-13-23-17-15-24-19(18(17)22)16(21)14-20/h12-13,16-22H,2-11,14-15H2,1H3/b13-12+/t16-,17+,18+,19+/m0/s1.